The van der Waals surface area contributed by atoms with Gasteiger partial charge in [-0.05, 0) is 73.6 Å². The van der Waals surface area contributed by atoms with Crippen molar-refractivity contribution in [3.05, 3.63) is 79.8 Å². The monoisotopic (exact) mass is 395 g/mol. The van der Waals surface area contributed by atoms with Crippen molar-refractivity contribution < 1.29 is 15.0 Å². The van der Waals surface area contributed by atoms with Gasteiger partial charge in [0.2, 0.25) is 5.88 Å². The SMILES string of the molecule is Cc1cc(C)cc(-n2c(O)c(C=Nc3ccc(C(=O)O)cc3)c(=O)[nH]c2=S)c1. The highest BCUT2D eigenvalue weighted by Crippen LogP contribution is 2.21. The van der Waals surface area contributed by atoms with Crippen molar-refractivity contribution in [1.29, 1.82) is 0 Å². The van der Waals surface area contributed by atoms with E-state index in [1.54, 1.807) is 0 Å². The molecule has 0 bridgehead atoms. The van der Waals surface area contributed by atoms with Crippen molar-refractivity contribution in [2.24, 2.45) is 4.99 Å². The lowest BCUT2D eigenvalue weighted by molar-refractivity contribution is 0.0697. The second kappa shape index (κ2) is 7.61. The number of nitrogens with zero attached hydrogens (tertiary/aromatic N) is 2. The molecule has 0 aliphatic heterocycles. The Morgan fingerprint density at radius 2 is 1.75 bits per heavy atom. The highest BCUT2D eigenvalue weighted by Gasteiger charge is 2.13. The van der Waals surface area contributed by atoms with Crippen LogP contribution in [0.3, 0.4) is 0 Å². The predicted molar refractivity (Wildman–Crippen MR) is 109 cm³/mol. The molecule has 1 aromatic heterocycles. The minimum absolute atomic E-state index is 0.0601. The van der Waals surface area contributed by atoms with Crippen LogP contribution in [-0.4, -0.2) is 31.9 Å². The van der Waals surface area contributed by atoms with Gasteiger partial charge in [0.05, 0.1) is 16.9 Å². The minimum atomic E-state index is -1.04. The number of hydrogen-bond acceptors (Lipinski definition) is 5. The van der Waals surface area contributed by atoms with E-state index in [1.165, 1.54) is 35.0 Å². The molecule has 0 aliphatic rings. The third-order valence-electron chi connectivity index (χ3n) is 4.04. The lowest BCUT2D eigenvalue weighted by Crippen LogP contribution is -2.18. The van der Waals surface area contributed by atoms with Crippen LogP contribution in [0.25, 0.3) is 5.69 Å². The van der Waals surface area contributed by atoms with E-state index >= 15 is 0 Å². The molecule has 0 saturated heterocycles. The van der Waals surface area contributed by atoms with Gasteiger partial charge >= 0.3 is 5.97 Å². The minimum Gasteiger partial charge on any atom is -0.494 e. The first-order chi connectivity index (χ1) is 13.3. The summed E-state index contributed by atoms with van der Waals surface area (Å²) in [7, 11) is 0. The number of aromatic carboxylic acids is 1. The van der Waals surface area contributed by atoms with Crippen molar-refractivity contribution >= 4 is 30.1 Å². The van der Waals surface area contributed by atoms with Crippen molar-refractivity contribution in [2.75, 3.05) is 0 Å². The van der Waals surface area contributed by atoms with E-state index in [9.17, 15) is 14.7 Å². The number of H-pyrrole nitrogens is 1. The molecule has 0 amide bonds. The molecule has 8 heteroatoms. The molecular formula is C20H17N3O4S. The number of aryl methyl sites for hydroxylation is 2. The number of aliphatic imine (C=N–C) groups is 1. The Kier molecular flexibility index (Phi) is 5.23. The van der Waals surface area contributed by atoms with Crippen LogP contribution in [0.2, 0.25) is 0 Å². The van der Waals surface area contributed by atoms with Crippen molar-refractivity contribution in [3.63, 3.8) is 0 Å². The van der Waals surface area contributed by atoms with Crippen LogP contribution < -0.4 is 5.56 Å². The van der Waals surface area contributed by atoms with Crippen molar-refractivity contribution in [2.45, 2.75) is 13.8 Å². The number of aromatic amines is 1. The maximum absolute atomic E-state index is 12.3. The second-order valence-electron chi connectivity index (χ2n) is 6.29. The summed E-state index contributed by atoms with van der Waals surface area (Å²) >= 11 is 5.22. The average Bonchev–Trinajstić information content (AvgIpc) is 2.60. The lowest BCUT2D eigenvalue weighted by Gasteiger charge is -2.12. The average molecular weight is 395 g/mol. The van der Waals surface area contributed by atoms with Crippen LogP contribution in [0.5, 0.6) is 5.88 Å². The van der Waals surface area contributed by atoms with E-state index in [2.05, 4.69) is 9.98 Å². The maximum atomic E-state index is 12.3. The Bertz CT molecular complexity index is 1190. The first kappa shape index (κ1) is 19.2. The molecule has 2 aromatic carbocycles. The van der Waals surface area contributed by atoms with Crippen LogP contribution >= 0.6 is 12.2 Å². The first-order valence-corrected chi connectivity index (χ1v) is 8.71. The number of nitrogens with one attached hydrogen (secondary N) is 1. The summed E-state index contributed by atoms with van der Waals surface area (Å²) in [6.45, 7) is 3.85. The van der Waals surface area contributed by atoms with E-state index in [4.69, 9.17) is 17.3 Å². The fraction of sp³-hybridized carbons (Fsp3) is 0.100. The molecule has 0 fully saturated rings. The summed E-state index contributed by atoms with van der Waals surface area (Å²) in [5.41, 5.74) is 2.51. The normalized spacial score (nSPS) is 11.1. The molecule has 0 atom stereocenters. The van der Waals surface area contributed by atoms with E-state index < -0.39 is 11.5 Å². The van der Waals surface area contributed by atoms with Gasteiger partial charge in [0.1, 0.15) is 5.56 Å². The largest absolute Gasteiger partial charge is 0.494 e. The molecular weight excluding hydrogens is 378 g/mol. The molecule has 3 rings (SSSR count). The predicted octanol–water partition coefficient (Wildman–Crippen LogP) is 3.67. The third kappa shape index (κ3) is 3.91. The van der Waals surface area contributed by atoms with Gasteiger partial charge in [0, 0.05) is 6.21 Å². The Balaban J connectivity index is 2.08. The molecule has 1 heterocycles. The topological polar surface area (TPSA) is 108 Å². The molecule has 3 aromatic rings. The van der Waals surface area contributed by atoms with E-state index in [-0.39, 0.29) is 21.8 Å². The second-order valence-corrected chi connectivity index (χ2v) is 6.67. The Hall–Kier alpha value is -3.52. The van der Waals surface area contributed by atoms with Gasteiger partial charge in [-0.25, -0.2) is 4.79 Å². The number of benzene rings is 2. The molecule has 0 spiro atoms. The number of rotatable bonds is 4. The first-order valence-electron chi connectivity index (χ1n) is 8.30. The van der Waals surface area contributed by atoms with E-state index in [0.29, 0.717) is 11.4 Å². The summed E-state index contributed by atoms with van der Waals surface area (Å²) in [5.74, 6) is -1.37. The summed E-state index contributed by atoms with van der Waals surface area (Å²) in [5, 5.41) is 19.6. The fourth-order valence-corrected chi connectivity index (χ4v) is 3.09. The van der Waals surface area contributed by atoms with Gasteiger partial charge in [-0.2, -0.15) is 0 Å². The van der Waals surface area contributed by atoms with Gasteiger partial charge in [0.25, 0.3) is 5.56 Å². The van der Waals surface area contributed by atoms with Crippen LogP contribution in [-0.2, 0) is 0 Å². The lowest BCUT2D eigenvalue weighted by atomic mass is 10.1. The smallest absolute Gasteiger partial charge is 0.335 e. The summed E-state index contributed by atoms with van der Waals surface area (Å²) < 4.78 is 1.43. The summed E-state index contributed by atoms with van der Waals surface area (Å²) in [6.07, 6.45) is 1.22. The van der Waals surface area contributed by atoms with E-state index in [0.717, 1.165) is 11.1 Å². The number of hydrogen-bond donors (Lipinski definition) is 3. The number of aromatic hydroxyl groups is 1. The van der Waals surface area contributed by atoms with Crippen molar-refractivity contribution in [3.8, 4) is 11.6 Å². The Morgan fingerprint density at radius 3 is 2.32 bits per heavy atom. The number of carboxylic acid groups (broad SMARTS) is 1. The number of carbonyl (C=O) groups is 1. The number of carboxylic acids is 1. The third-order valence-corrected chi connectivity index (χ3v) is 4.33. The van der Waals surface area contributed by atoms with Crippen LogP contribution in [0.15, 0.2) is 52.3 Å². The summed E-state index contributed by atoms with van der Waals surface area (Å²) in [4.78, 5) is 29.9. The highest BCUT2D eigenvalue weighted by molar-refractivity contribution is 7.71. The van der Waals surface area contributed by atoms with Gasteiger partial charge < -0.3 is 10.2 Å². The zero-order valence-electron chi connectivity index (χ0n) is 15.1. The van der Waals surface area contributed by atoms with Gasteiger partial charge in [-0.15, -0.1) is 0 Å². The molecule has 0 aliphatic carbocycles. The molecule has 0 saturated carbocycles. The van der Waals surface area contributed by atoms with Gasteiger partial charge in [-0.1, -0.05) is 6.07 Å². The van der Waals surface area contributed by atoms with Crippen molar-refractivity contribution in [1.82, 2.24) is 9.55 Å². The Morgan fingerprint density at radius 1 is 1.14 bits per heavy atom. The summed E-state index contributed by atoms with van der Waals surface area (Å²) in [6, 6.07) is 11.5. The maximum Gasteiger partial charge on any atom is 0.335 e. The zero-order valence-corrected chi connectivity index (χ0v) is 15.9. The molecule has 0 radical (unpaired) electrons. The molecule has 3 N–H and O–H groups in total. The van der Waals surface area contributed by atoms with Crippen LogP contribution in [0.4, 0.5) is 5.69 Å². The zero-order chi connectivity index (χ0) is 20.4. The molecule has 28 heavy (non-hydrogen) atoms. The molecule has 0 unspecified atom stereocenters. The Labute approximate surface area is 165 Å². The fourth-order valence-electron chi connectivity index (χ4n) is 2.80. The quantitative estimate of drug-likeness (QED) is 0.461. The van der Waals surface area contributed by atoms with Crippen LogP contribution in [0.1, 0.15) is 27.0 Å². The van der Waals surface area contributed by atoms with E-state index in [1.807, 2.05) is 32.0 Å². The molecule has 142 valence electrons. The standard InChI is InChI=1S/C20H17N3O4S/c1-11-7-12(2)9-15(8-11)23-18(25)16(17(24)22-20(23)28)10-21-14-5-3-13(4-6-14)19(26)27/h3-10,25H,1-2H3,(H,26,27)(H,22,24,28). The highest BCUT2D eigenvalue weighted by atomic mass is 32.1. The van der Waals surface area contributed by atoms with Gasteiger partial charge in [0.15, 0.2) is 4.77 Å². The molecule has 7 nitrogen and oxygen atoms in total. The van der Waals surface area contributed by atoms with Gasteiger partial charge in [-0.3, -0.25) is 19.3 Å². The number of aromatic nitrogens is 2. The van der Waals surface area contributed by atoms with Crippen LogP contribution in [0, 0.1) is 18.6 Å².